The molecule has 0 aromatic heterocycles. The Bertz CT molecular complexity index is 491. The third kappa shape index (κ3) is 2.25. The molecular formula is C20H31NO. The lowest BCUT2D eigenvalue weighted by Gasteiger charge is -2.57. The Morgan fingerprint density at radius 2 is 1.50 bits per heavy atom. The minimum atomic E-state index is 0.143. The summed E-state index contributed by atoms with van der Waals surface area (Å²) >= 11 is 0. The van der Waals surface area contributed by atoms with Crippen LogP contribution in [0.15, 0.2) is 11.6 Å². The van der Waals surface area contributed by atoms with E-state index in [1.54, 1.807) is 0 Å². The lowest BCUT2D eigenvalue weighted by Crippen LogP contribution is -2.60. The Morgan fingerprint density at radius 3 is 1.95 bits per heavy atom. The maximum absolute atomic E-state index is 13.0. The first kappa shape index (κ1) is 14.8. The number of rotatable bonds is 3. The van der Waals surface area contributed by atoms with Gasteiger partial charge < -0.3 is 5.32 Å². The van der Waals surface area contributed by atoms with Gasteiger partial charge in [-0.3, -0.25) is 4.79 Å². The molecule has 0 aromatic rings. The Kier molecular flexibility index (Phi) is 3.10. The molecule has 5 saturated carbocycles. The molecule has 0 saturated heterocycles. The van der Waals surface area contributed by atoms with Crippen LogP contribution in [-0.4, -0.2) is 11.4 Å². The molecule has 0 aliphatic heterocycles. The van der Waals surface area contributed by atoms with Crippen LogP contribution in [0.2, 0.25) is 0 Å². The second-order valence-electron chi connectivity index (χ2n) is 9.76. The van der Waals surface area contributed by atoms with E-state index in [9.17, 15) is 4.79 Å². The van der Waals surface area contributed by atoms with E-state index in [1.807, 2.05) is 0 Å². The highest BCUT2D eigenvalue weighted by Gasteiger charge is 2.62. The van der Waals surface area contributed by atoms with Gasteiger partial charge in [-0.25, -0.2) is 0 Å². The molecule has 1 amide bonds. The van der Waals surface area contributed by atoms with Crippen molar-refractivity contribution in [2.24, 2.45) is 35.0 Å². The van der Waals surface area contributed by atoms with Crippen LogP contribution in [-0.2, 0) is 4.79 Å². The Morgan fingerprint density at radius 1 is 1.00 bits per heavy atom. The molecule has 0 spiro atoms. The van der Waals surface area contributed by atoms with Gasteiger partial charge >= 0.3 is 0 Å². The van der Waals surface area contributed by atoms with Crippen LogP contribution in [0.25, 0.3) is 0 Å². The monoisotopic (exact) mass is 301 g/mol. The van der Waals surface area contributed by atoms with E-state index in [-0.39, 0.29) is 16.9 Å². The van der Waals surface area contributed by atoms with Crippen molar-refractivity contribution >= 4 is 5.91 Å². The van der Waals surface area contributed by atoms with Crippen molar-refractivity contribution in [3.63, 3.8) is 0 Å². The number of allylic oxidation sites excluding steroid dienone is 2. The van der Waals surface area contributed by atoms with E-state index in [1.165, 1.54) is 44.1 Å². The summed E-state index contributed by atoms with van der Waals surface area (Å²) in [5, 5.41) is 3.58. The highest BCUT2D eigenvalue weighted by molar-refractivity contribution is 5.84. The average molecular weight is 301 g/mol. The molecular weight excluding hydrogens is 270 g/mol. The van der Waals surface area contributed by atoms with Gasteiger partial charge in [-0.05, 0) is 81.5 Å². The summed E-state index contributed by atoms with van der Waals surface area (Å²) in [4.78, 5) is 13.0. The molecule has 5 aliphatic carbocycles. The fourth-order valence-electron chi connectivity index (χ4n) is 6.45. The first-order chi connectivity index (χ1) is 10.3. The fraction of sp³-hybridized carbons (Fsp3) is 0.850. The van der Waals surface area contributed by atoms with Gasteiger partial charge in [0, 0.05) is 5.54 Å². The molecule has 4 bridgehead atoms. The average Bonchev–Trinajstić information content (AvgIpc) is 2.87. The van der Waals surface area contributed by atoms with Crippen LogP contribution in [0.5, 0.6) is 0 Å². The summed E-state index contributed by atoms with van der Waals surface area (Å²) in [6, 6.07) is 0. The van der Waals surface area contributed by atoms with Gasteiger partial charge in [0.25, 0.3) is 0 Å². The van der Waals surface area contributed by atoms with Crippen molar-refractivity contribution in [3.05, 3.63) is 11.6 Å². The van der Waals surface area contributed by atoms with Gasteiger partial charge in [-0.15, -0.1) is 0 Å². The molecule has 122 valence electrons. The lowest BCUT2D eigenvalue weighted by atomic mass is 9.53. The minimum absolute atomic E-state index is 0.143. The maximum atomic E-state index is 13.0. The fourth-order valence-corrected chi connectivity index (χ4v) is 6.45. The van der Waals surface area contributed by atoms with Gasteiger partial charge in [-0.1, -0.05) is 25.5 Å². The predicted molar refractivity (Wildman–Crippen MR) is 89.2 cm³/mol. The van der Waals surface area contributed by atoms with Crippen molar-refractivity contribution in [1.29, 1.82) is 0 Å². The second-order valence-corrected chi connectivity index (χ2v) is 9.76. The van der Waals surface area contributed by atoms with E-state index < -0.39 is 0 Å². The summed E-state index contributed by atoms with van der Waals surface area (Å²) in [5.41, 5.74) is 1.65. The normalized spacial score (nSPS) is 47.2. The van der Waals surface area contributed by atoms with Crippen molar-refractivity contribution in [1.82, 2.24) is 5.32 Å². The molecule has 5 aliphatic rings. The van der Waals surface area contributed by atoms with Crippen LogP contribution >= 0.6 is 0 Å². The van der Waals surface area contributed by atoms with Crippen molar-refractivity contribution in [3.8, 4) is 0 Å². The van der Waals surface area contributed by atoms with E-state index >= 15 is 0 Å². The molecule has 2 atom stereocenters. The van der Waals surface area contributed by atoms with Gasteiger partial charge in [0.1, 0.15) is 0 Å². The van der Waals surface area contributed by atoms with Crippen LogP contribution < -0.4 is 5.32 Å². The zero-order chi connectivity index (χ0) is 15.7. The lowest BCUT2D eigenvalue weighted by molar-refractivity contribution is -0.128. The maximum Gasteiger partial charge on any atom is 0.224 e. The SMILES string of the molecule is CC(C)=C[C@@H]1[C@H](C(=O)NC23CC4CC(CC(C4)C2)C3)C1(C)C. The molecule has 2 heteroatoms. The third-order valence-electron chi connectivity index (χ3n) is 7.13. The van der Waals surface area contributed by atoms with E-state index in [0.29, 0.717) is 11.8 Å². The molecule has 0 aromatic carbocycles. The van der Waals surface area contributed by atoms with Gasteiger partial charge in [0.15, 0.2) is 0 Å². The topological polar surface area (TPSA) is 29.1 Å². The van der Waals surface area contributed by atoms with Gasteiger partial charge in [0.2, 0.25) is 5.91 Å². The molecule has 0 unspecified atom stereocenters. The molecule has 5 rings (SSSR count). The summed E-state index contributed by atoms with van der Waals surface area (Å²) in [7, 11) is 0. The number of amides is 1. The number of carbonyl (C=O) groups excluding carboxylic acids is 1. The van der Waals surface area contributed by atoms with Crippen LogP contribution in [0.3, 0.4) is 0 Å². The van der Waals surface area contributed by atoms with Gasteiger partial charge in [0.05, 0.1) is 5.92 Å². The Labute approximate surface area is 135 Å². The van der Waals surface area contributed by atoms with Crippen molar-refractivity contribution < 1.29 is 4.79 Å². The first-order valence-electron chi connectivity index (χ1n) is 9.26. The smallest absolute Gasteiger partial charge is 0.224 e. The van der Waals surface area contributed by atoms with E-state index in [0.717, 1.165) is 17.8 Å². The first-order valence-corrected chi connectivity index (χ1v) is 9.26. The summed E-state index contributed by atoms with van der Waals surface area (Å²) in [6.07, 6.45) is 10.4. The zero-order valence-electron chi connectivity index (χ0n) is 14.6. The highest BCUT2D eigenvalue weighted by atomic mass is 16.2. The highest BCUT2D eigenvalue weighted by Crippen LogP contribution is 2.61. The van der Waals surface area contributed by atoms with E-state index in [2.05, 4.69) is 39.1 Å². The quantitative estimate of drug-likeness (QED) is 0.773. The van der Waals surface area contributed by atoms with Crippen molar-refractivity contribution in [2.45, 2.75) is 71.8 Å². The number of hydrogen-bond acceptors (Lipinski definition) is 1. The Hall–Kier alpha value is -0.790. The zero-order valence-corrected chi connectivity index (χ0v) is 14.6. The largest absolute Gasteiger partial charge is 0.350 e. The predicted octanol–water partition coefficient (Wildman–Crippen LogP) is 4.31. The molecule has 1 N–H and O–H groups in total. The summed E-state index contributed by atoms with van der Waals surface area (Å²) < 4.78 is 0. The number of hydrogen-bond donors (Lipinski definition) is 1. The van der Waals surface area contributed by atoms with Gasteiger partial charge in [-0.2, -0.15) is 0 Å². The Balaban J connectivity index is 1.48. The second kappa shape index (κ2) is 4.61. The molecule has 0 heterocycles. The standard InChI is InChI=1S/C20H31NO/c1-12(2)5-16-17(19(16,3)4)18(22)21-20-9-13-6-14(10-20)8-15(7-13)11-20/h5,13-17H,6-11H2,1-4H3,(H,21,22)/t13?,14?,15?,16-,17-,20?/m1/s1. The van der Waals surface area contributed by atoms with Crippen LogP contribution in [0.4, 0.5) is 0 Å². The van der Waals surface area contributed by atoms with Crippen LogP contribution in [0, 0.1) is 35.0 Å². The summed E-state index contributed by atoms with van der Waals surface area (Å²) in [5.74, 6) is 3.66. The van der Waals surface area contributed by atoms with Crippen LogP contribution in [0.1, 0.15) is 66.2 Å². The number of nitrogens with one attached hydrogen (secondary N) is 1. The number of carbonyl (C=O) groups is 1. The minimum Gasteiger partial charge on any atom is -0.350 e. The molecule has 5 fully saturated rings. The molecule has 2 nitrogen and oxygen atoms in total. The summed E-state index contributed by atoms with van der Waals surface area (Å²) in [6.45, 7) is 8.78. The molecule has 0 radical (unpaired) electrons. The molecule has 22 heavy (non-hydrogen) atoms. The third-order valence-corrected chi connectivity index (χ3v) is 7.13. The van der Waals surface area contributed by atoms with E-state index in [4.69, 9.17) is 0 Å². The van der Waals surface area contributed by atoms with Crippen molar-refractivity contribution in [2.75, 3.05) is 0 Å².